The molecule has 16 heavy (non-hydrogen) atoms. The number of carbonyl (C=O) groups excluding carboxylic acids is 1. The number of amides is 1. The van der Waals surface area contributed by atoms with Gasteiger partial charge in [0.1, 0.15) is 0 Å². The van der Waals surface area contributed by atoms with Crippen LogP contribution in [0.5, 0.6) is 0 Å². The third kappa shape index (κ3) is 4.94. The van der Waals surface area contributed by atoms with Crippen molar-refractivity contribution in [2.45, 2.75) is 52.0 Å². The second-order valence-corrected chi connectivity index (χ2v) is 4.61. The summed E-state index contributed by atoms with van der Waals surface area (Å²) in [4.78, 5) is 11.9. The van der Waals surface area contributed by atoms with E-state index in [0.29, 0.717) is 0 Å². The van der Waals surface area contributed by atoms with E-state index in [1.165, 1.54) is 0 Å². The topological polar surface area (TPSA) is 69.6 Å². The Bertz CT molecular complexity index is 202. The fourth-order valence-corrected chi connectivity index (χ4v) is 1.50. The molecular formula is C12H25NO3. The Hall–Kier alpha value is -0.610. The maximum atomic E-state index is 11.9. The zero-order valence-corrected chi connectivity index (χ0v) is 10.6. The number of aliphatic hydroxyl groups excluding tert-OH is 2. The van der Waals surface area contributed by atoms with Gasteiger partial charge in [0.15, 0.2) is 0 Å². The van der Waals surface area contributed by atoms with Crippen molar-refractivity contribution in [3.63, 3.8) is 0 Å². The maximum absolute atomic E-state index is 11.9. The summed E-state index contributed by atoms with van der Waals surface area (Å²) in [5.41, 5.74) is -0.906. The molecule has 4 heteroatoms. The Morgan fingerprint density at radius 2 is 1.88 bits per heavy atom. The van der Waals surface area contributed by atoms with Crippen LogP contribution >= 0.6 is 0 Å². The molecule has 0 spiro atoms. The van der Waals surface area contributed by atoms with E-state index in [0.717, 1.165) is 25.7 Å². The Labute approximate surface area is 98.1 Å². The van der Waals surface area contributed by atoms with Gasteiger partial charge in [-0.05, 0) is 19.8 Å². The van der Waals surface area contributed by atoms with Crippen LogP contribution < -0.4 is 5.32 Å². The molecule has 0 aliphatic heterocycles. The molecule has 0 aliphatic rings. The monoisotopic (exact) mass is 231 g/mol. The minimum atomic E-state index is -0.906. The van der Waals surface area contributed by atoms with E-state index >= 15 is 0 Å². The van der Waals surface area contributed by atoms with Gasteiger partial charge in [0.2, 0.25) is 5.91 Å². The summed E-state index contributed by atoms with van der Waals surface area (Å²) in [5.74, 6) is -0.0843. The van der Waals surface area contributed by atoms with Gasteiger partial charge in [0, 0.05) is 5.92 Å². The molecule has 96 valence electrons. The quantitative estimate of drug-likeness (QED) is 0.585. The molecule has 1 unspecified atom stereocenters. The Morgan fingerprint density at radius 1 is 1.31 bits per heavy atom. The molecule has 0 aromatic carbocycles. The van der Waals surface area contributed by atoms with Crippen LogP contribution in [-0.4, -0.2) is 34.9 Å². The number of carbonyl (C=O) groups is 1. The van der Waals surface area contributed by atoms with Crippen molar-refractivity contribution in [2.24, 2.45) is 5.92 Å². The summed E-state index contributed by atoms with van der Waals surface area (Å²) < 4.78 is 0. The average molecular weight is 231 g/mol. The zero-order chi connectivity index (χ0) is 12.6. The van der Waals surface area contributed by atoms with E-state index in [-0.39, 0.29) is 25.0 Å². The molecule has 0 radical (unpaired) electrons. The fourth-order valence-electron chi connectivity index (χ4n) is 1.50. The smallest absolute Gasteiger partial charge is 0.223 e. The van der Waals surface area contributed by atoms with Gasteiger partial charge < -0.3 is 15.5 Å². The molecule has 0 saturated carbocycles. The van der Waals surface area contributed by atoms with E-state index in [2.05, 4.69) is 12.2 Å². The van der Waals surface area contributed by atoms with Gasteiger partial charge in [0.25, 0.3) is 0 Å². The average Bonchev–Trinajstić information content (AvgIpc) is 2.29. The lowest BCUT2D eigenvalue weighted by atomic mass is 9.96. The molecule has 0 aromatic rings. The van der Waals surface area contributed by atoms with Gasteiger partial charge >= 0.3 is 0 Å². The van der Waals surface area contributed by atoms with Crippen molar-refractivity contribution in [1.82, 2.24) is 5.32 Å². The van der Waals surface area contributed by atoms with Crippen LogP contribution in [0, 0.1) is 5.92 Å². The molecule has 0 bridgehead atoms. The van der Waals surface area contributed by atoms with Crippen molar-refractivity contribution in [3.8, 4) is 0 Å². The molecule has 0 heterocycles. The van der Waals surface area contributed by atoms with Crippen molar-refractivity contribution in [3.05, 3.63) is 0 Å². The molecule has 1 atom stereocenters. The second-order valence-electron chi connectivity index (χ2n) is 4.61. The van der Waals surface area contributed by atoms with Crippen LogP contribution in [0.2, 0.25) is 0 Å². The van der Waals surface area contributed by atoms with Gasteiger partial charge in [0.05, 0.1) is 18.8 Å². The number of unbranched alkanes of at least 4 members (excludes halogenated alkanes) is 1. The van der Waals surface area contributed by atoms with E-state index < -0.39 is 5.54 Å². The lowest BCUT2D eigenvalue weighted by molar-refractivity contribution is -0.128. The summed E-state index contributed by atoms with van der Waals surface area (Å²) in [6.07, 6.45) is 3.76. The van der Waals surface area contributed by atoms with Crippen LogP contribution in [0.25, 0.3) is 0 Å². The molecule has 4 nitrogen and oxygen atoms in total. The molecule has 0 saturated heterocycles. The van der Waals surface area contributed by atoms with Gasteiger partial charge in [-0.3, -0.25) is 4.79 Å². The van der Waals surface area contributed by atoms with Crippen molar-refractivity contribution < 1.29 is 15.0 Å². The Balaban J connectivity index is 4.29. The first-order chi connectivity index (χ1) is 7.52. The number of hydrogen-bond donors (Lipinski definition) is 3. The standard InChI is InChI=1S/C12H25NO3/c1-4-6-7-10(5-2)11(16)13-12(3,8-14)9-15/h10,14-15H,4-9H2,1-3H3,(H,13,16). The molecule has 0 aromatic heterocycles. The van der Waals surface area contributed by atoms with Crippen LogP contribution in [0.1, 0.15) is 46.5 Å². The lowest BCUT2D eigenvalue weighted by Crippen LogP contribution is -2.53. The largest absolute Gasteiger partial charge is 0.394 e. The van der Waals surface area contributed by atoms with Crippen LogP contribution in [0.3, 0.4) is 0 Å². The molecule has 0 rings (SSSR count). The molecule has 3 N–H and O–H groups in total. The Morgan fingerprint density at radius 3 is 2.25 bits per heavy atom. The molecule has 1 amide bonds. The second kappa shape index (κ2) is 7.63. The highest BCUT2D eigenvalue weighted by molar-refractivity contribution is 5.79. The number of hydrogen-bond acceptors (Lipinski definition) is 3. The molecular weight excluding hydrogens is 206 g/mol. The maximum Gasteiger partial charge on any atom is 0.223 e. The highest BCUT2D eigenvalue weighted by atomic mass is 16.3. The highest BCUT2D eigenvalue weighted by Gasteiger charge is 2.27. The summed E-state index contributed by atoms with van der Waals surface area (Å²) in [6.45, 7) is 5.21. The highest BCUT2D eigenvalue weighted by Crippen LogP contribution is 2.14. The molecule has 0 aliphatic carbocycles. The van der Waals surface area contributed by atoms with Crippen LogP contribution in [0.15, 0.2) is 0 Å². The summed E-state index contributed by atoms with van der Waals surface area (Å²) in [6, 6.07) is 0. The SMILES string of the molecule is CCCCC(CC)C(=O)NC(C)(CO)CO. The first-order valence-electron chi connectivity index (χ1n) is 6.06. The summed E-state index contributed by atoms with van der Waals surface area (Å²) in [7, 11) is 0. The number of aliphatic hydroxyl groups is 2. The minimum Gasteiger partial charge on any atom is -0.394 e. The van der Waals surface area contributed by atoms with E-state index in [1.807, 2.05) is 6.92 Å². The van der Waals surface area contributed by atoms with Crippen molar-refractivity contribution in [1.29, 1.82) is 0 Å². The number of rotatable bonds is 8. The van der Waals surface area contributed by atoms with Gasteiger partial charge in [-0.15, -0.1) is 0 Å². The van der Waals surface area contributed by atoms with Crippen molar-refractivity contribution in [2.75, 3.05) is 13.2 Å². The first-order valence-corrected chi connectivity index (χ1v) is 6.06. The van der Waals surface area contributed by atoms with E-state index in [1.54, 1.807) is 6.92 Å². The summed E-state index contributed by atoms with van der Waals surface area (Å²) >= 11 is 0. The molecule has 0 fully saturated rings. The Kier molecular flexibility index (Phi) is 7.34. The third-order valence-electron chi connectivity index (χ3n) is 2.89. The van der Waals surface area contributed by atoms with Crippen molar-refractivity contribution >= 4 is 5.91 Å². The fraction of sp³-hybridized carbons (Fsp3) is 0.917. The van der Waals surface area contributed by atoms with Gasteiger partial charge in [-0.1, -0.05) is 26.7 Å². The third-order valence-corrected chi connectivity index (χ3v) is 2.89. The first kappa shape index (κ1) is 15.4. The normalized spacial score (nSPS) is 13.6. The van der Waals surface area contributed by atoms with Gasteiger partial charge in [-0.25, -0.2) is 0 Å². The van der Waals surface area contributed by atoms with Crippen LogP contribution in [0.4, 0.5) is 0 Å². The summed E-state index contributed by atoms with van der Waals surface area (Å²) in [5, 5.41) is 20.9. The zero-order valence-electron chi connectivity index (χ0n) is 10.6. The lowest BCUT2D eigenvalue weighted by Gasteiger charge is -2.28. The predicted molar refractivity (Wildman–Crippen MR) is 64.0 cm³/mol. The van der Waals surface area contributed by atoms with E-state index in [9.17, 15) is 4.79 Å². The van der Waals surface area contributed by atoms with Gasteiger partial charge in [-0.2, -0.15) is 0 Å². The number of nitrogens with one attached hydrogen (secondary N) is 1. The minimum absolute atomic E-state index is 0.0163. The van der Waals surface area contributed by atoms with Crippen LogP contribution in [-0.2, 0) is 4.79 Å². The van der Waals surface area contributed by atoms with E-state index in [4.69, 9.17) is 10.2 Å². The predicted octanol–water partition coefficient (Wildman–Crippen LogP) is 1.06.